The fraction of sp³-hybridized carbons (Fsp3) is 0.125. The SMILES string of the molecule is CS(=O)(=O)N(CC(=O)Nc1ccc2scnc2c1)c1cccc(F)c1. The number of nitrogens with zero attached hydrogens (tertiary/aromatic N) is 2. The van der Waals surface area contributed by atoms with Crippen LogP contribution in [0, 0.1) is 5.82 Å². The zero-order valence-electron chi connectivity index (χ0n) is 13.1. The molecule has 0 aliphatic heterocycles. The normalized spacial score (nSPS) is 11.4. The summed E-state index contributed by atoms with van der Waals surface area (Å²) in [4.78, 5) is 16.4. The summed E-state index contributed by atoms with van der Waals surface area (Å²) < 4.78 is 39.2. The van der Waals surface area contributed by atoms with Crippen LogP contribution in [-0.4, -0.2) is 32.1 Å². The van der Waals surface area contributed by atoms with Crippen molar-refractivity contribution in [3.63, 3.8) is 0 Å². The lowest BCUT2D eigenvalue weighted by Crippen LogP contribution is -2.37. The van der Waals surface area contributed by atoms with Gasteiger partial charge < -0.3 is 5.32 Å². The van der Waals surface area contributed by atoms with E-state index in [0.717, 1.165) is 26.8 Å². The first-order chi connectivity index (χ1) is 11.8. The van der Waals surface area contributed by atoms with E-state index < -0.39 is 28.3 Å². The van der Waals surface area contributed by atoms with Gasteiger partial charge in [-0.15, -0.1) is 11.3 Å². The van der Waals surface area contributed by atoms with Crippen molar-refractivity contribution in [2.24, 2.45) is 0 Å². The van der Waals surface area contributed by atoms with E-state index in [1.54, 1.807) is 17.6 Å². The molecule has 1 aromatic heterocycles. The smallest absolute Gasteiger partial charge is 0.245 e. The van der Waals surface area contributed by atoms with Crippen LogP contribution < -0.4 is 9.62 Å². The van der Waals surface area contributed by atoms with Crippen LogP contribution in [0.5, 0.6) is 0 Å². The molecule has 2 aromatic carbocycles. The highest BCUT2D eigenvalue weighted by Crippen LogP contribution is 2.22. The molecular weight excluding hydrogens is 365 g/mol. The summed E-state index contributed by atoms with van der Waals surface area (Å²) in [5.74, 6) is -1.12. The van der Waals surface area contributed by atoms with Gasteiger partial charge in [-0.2, -0.15) is 0 Å². The van der Waals surface area contributed by atoms with Crippen molar-refractivity contribution in [1.82, 2.24) is 4.98 Å². The van der Waals surface area contributed by atoms with E-state index in [4.69, 9.17) is 0 Å². The molecule has 9 heteroatoms. The molecule has 130 valence electrons. The van der Waals surface area contributed by atoms with E-state index in [1.807, 2.05) is 6.07 Å². The van der Waals surface area contributed by atoms with Crippen molar-refractivity contribution < 1.29 is 17.6 Å². The Balaban J connectivity index is 1.80. The molecule has 0 bridgehead atoms. The molecule has 1 N–H and O–H groups in total. The van der Waals surface area contributed by atoms with Crippen LogP contribution in [0.3, 0.4) is 0 Å². The van der Waals surface area contributed by atoms with Crippen molar-refractivity contribution in [1.29, 1.82) is 0 Å². The average Bonchev–Trinajstić information content (AvgIpc) is 2.99. The summed E-state index contributed by atoms with van der Waals surface area (Å²) in [6.07, 6.45) is 0.965. The molecule has 1 amide bonds. The van der Waals surface area contributed by atoms with Crippen LogP contribution in [0.15, 0.2) is 48.0 Å². The minimum atomic E-state index is -3.75. The second-order valence-electron chi connectivity index (χ2n) is 5.33. The topological polar surface area (TPSA) is 79.4 Å². The van der Waals surface area contributed by atoms with E-state index in [-0.39, 0.29) is 5.69 Å². The summed E-state index contributed by atoms with van der Waals surface area (Å²) in [6.45, 7) is -0.461. The number of benzene rings is 2. The van der Waals surface area contributed by atoms with Crippen LogP contribution in [-0.2, 0) is 14.8 Å². The molecule has 25 heavy (non-hydrogen) atoms. The number of aromatic nitrogens is 1. The number of carbonyl (C=O) groups is 1. The van der Waals surface area contributed by atoms with E-state index in [2.05, 4.69) is 10.3 Å². The standard InChI is InChI=1S/C16H14FN3O3S2/c1-25(22,23)20(13-4-2-3-11(17)7-13)9-16(21)19-12-5-6-15-14(8-12)18-10-24-15/h2-8,10H,9H2,1H3,(H,19,21). The third kappa shape index (κ3) is 4.12. The van der Waals surface area contributed by atoms with Gasteiger partial charge in [0.2, 0.25) is 15.9 Å². The van der Waals surface area contributed by atoms with E-state index in [0.29, 0.717) is 5.69 Å². The molecular formula is C16H14FN3O3S2. The Labute approximate surface area is 148 Å². The third-order valence-electron chi connectivity index (χ3n) is 3.40. The Hall–Kier alpha value is -2.52. The van der Waals surface area contributed by atoms with Crippen molar-refractivity contribution in [2.45, 2.75) is 0 Å². The Bertz CT molecular complexity index is 1030. The van der Waals surface area contributed by atoms with E-state index in [1.165, 1.54) is 29.5 Å². The first-order valence-corrected chi connectivity index (χ1v) is 9.92. The van der Waals surface area contributed by atoms with Crippen LogP contribution in [0.2, 0.25) is 0 Å². The van der Waals surface area contributed by atoms with Crippen LogP contribution in [0.4, 0.5) is 15.8 Å². The summed E-state index contributed by atoms with van der Waals surface area (Å²) >= 11 is 1.48. The molecule has 1 heterocycles. The molecule has 0 saturated heterocycles. The summed E-state index contributed by atoms with van der Waals surface area (Å²) in [5.41, 5.74) is 3.04. The number of fused-ring (bicyclic) bond motifs is 1. The minimum absolute atomic E-state index is 0.0904. The molecule has 0 atom stereocenters. The maximum atomic E-state index is 13.4. The van der Waals surface area contributed by atoms with Gasteiger partial charge in [0.1, 0.15) is 12.4 Å². The Morgan fingerprint density at radius 2 is 2.08 bits per heavy atom. The van der Waals surface area contributed by atoms with Gasteiger partial charge in [0.15, 0.2) is 0 Å². The Morgan fingerprint density at radius 1 is 1.28 bits per heavy atom. The number of carbonyl (C=O) groups excluding carboxylic acids is 1. The fourth-order valence-corrected chi connectivity index (χ4v) is 3.80. The molecule has 0 fully saturated rings. The lowest BCUT2D eigenvalue weighted by atomic mass is 10.3. The van der Waals surface area contributed by atoms with Gasteiger partial charge in [-0.25, -0.2) is 17.8 Å². The van der Waals surface area contributed by atoms with Crippen LogP contribution >= 0.6 is 11.3 Å². The molecule has 3 aromatic rings. The van der Waals surface area contributed by atoms with Crippen LogP contribution in [0.25, 0.3) is 10.2 Å². The van der Waals surface area contributed by atoms with Crippen molar-refractivity contribution in [3.05, 3.63) is 53.8 Å². The van der Waals surface area contributed by atoms with Gasteiger partial charge in [-0.1, -0.05) is 6.07 Å². The molecule has 0 spiro atoms. The van der Waals surface area contributed by atoms with E-state index >= 15 is 0 Å². The molecule has 0 radical (unpaired) electrons. The van der Waals surface area contributed by atoms with Crippen LogP contribution in [0.1, 0.15) is 0 Å². The highest BCUT2D eigenvalue weighted by Gasteiger charge is 2.21. The lowest BCUT2D eigenvalue weighted by Gasteiger charge is -2.21. The molecule has 6 nitrogen and oxygen atoms in total. The molecule has 0 aliphatic carbocycles. The summed E-state index contributed by atoms with van der Waals surface area (Å²) in [7, 11) is -3.75. The minimum Gasteiger partial charge on any atom is -0.324 e. The Morgan fingerprint density at radius 3 is 2.80 bits per heavy atom. The maximum absolute atomic E-state index is 13.4. The Kier molecular flexibility index (Phi) is 4.69. The number of amides is 1. The lowest BCUT2D eigenvalue weighted by molar-refractivity contribution is -0.114. The zero-order valence-corrected chi connectivity index (χ0v) is 14.8. The number of rotatable bonds is 5. The summed E-state index contributed by atoms with van der Waals surface area (Å²) in [5, 5.41) is 2.64. The largest absolute Gasteiger partial charge is 0.324 e. The number of thiazole rings is 1. The van der Waals surface area contributed by atoms with Crippen molar-refractivity contribution in [3.8, 4) is 0 Å². The maximum Gasteiger partial charge on any atom is 0.245 e. The monoisotopic (exact) mass is 379 g/mol. The van der Waals surface area contributed by atoms with Crippen molar-refractivity contribution in [2.75, 3.05) is 22.4 Å². The number of hydrogen-bond donors (Lipinski definition) is 1. The van der Waals surface area contributed by atoms with Gasteiger partial charge in [0, 0.05) is 5.69 Å². The van der Waals surface area contributed by atoms with Gasteiger partial charge in [-0.3, -0.25) is 9.10 Å². The predicted octanol–water partition coefficient (Wildman–Crippen LogP) is 2.84. The van der Waals surface area contributed by atoms with Gasteiger partial charge in [0.25, 0.3) is 0 Å². The molecule has 0 saturated carbocycles. The molecule has 0 aliphatic rings. The van der Waals surface area contributed by atoms with E-state index in [9.17, 15) is 17.6 Å². The fourth-order valence-electron chi connectivity index (χ4n) is 2.30. The highest BCUT2D eigenvalue weighted by atomic mass is 32.2. The number of hydrogen-bond acceptors (Lipinski definition) is 5. The second-order valence-corrected chi connectivity index (χ2v) is 8.13. The highest BCUT2D eigenvalue weighted by molar-refractivity contribution is 7.92. The van der Waals surface area contributed by atoms with Gasteiger partial charge in [-0.05, 0) is 36.4 Å². The second kappa shape index (κ2) is 6.77. The molecule has 3 rings (SSSR count). The first-order valence-electron chi connectivity index (χ1n) is 7.19. The summed E-state index contributed by atoms with van der Waals surface area (Å²) in [6, 6.07) is 10.3. The third-order valence-corrected chi connectivity index (χ3v) is 5.35. The number of anilines is 2. The molecule has 0 unspecified atom stereocenters. The van der Waals surface area contributed by atoms with Crippen molar-refractivity contribution >= 4 is 48.9 Å². The average molecular weight is 379 g/mol. The number of sulfonamides is 1. The number of halogens is 1. The van der Waals surface area contributed by atoms with Gasteiger partial charge in [0.05, 0.1) is 27.7 Å². The van der Waals surface area contributed by atoms with Gasteiger partial charge >= 0.3 is 0 Å². The first kappa shape index (κ1) is 17.3. The quantitative estimate of drug-likeness (QED) is 0.739. The predicted molar refractivity (Wildman–Crippen MR) is 96.8 cm³/mol. The zero-order chi connectivity index (χ0) is 18.0. The number of nitrogens with one attached hydrogen (secondary N) is 1.